The van der Waals surface area contributed by atoms with Crippen LogP contribution in [0.1, 0.15) is 18.4 Å². The van der Waals surface area contributed by atoms with E-state index in [-0.39, 0.29) is 25.9 Å². The standard InChI is InChI=1S/C13H17F3N2O/c1-9-8-10(2-3-11(9)17)18-6-4-12(19,5-7-18)13(14,15)16/h2-3,8,19H,4-7,17H2,1H3. The maximum absolute atomic E-state index is 12.7. The summed E-state index contributed by atoms with van der Waals surface area (Å²) in [6.07, 6.45) is -5.17. The van der Waals surface area contributed by atoms with Crippen LogP contribution in [-0.2, 0) is 0 Å². The third-order valence-corrected chi connectivity index (χ3v) is 3.74. The van der Waals surface area contributed by atoms with Gasteiger partial charge in [-0.3, -0.25) is 0 Å². The van der Waals surface area contributed by atoms with E-state index in [0.29, 0.717) is 5.69 Å². The van der Waals surface area contributed by atoms with E-state index < -0.39 is 11.8 Å². The van der Waals surface area contributed by atoms with Gasteiger partial charge in [0.15, 0.2) is 5.60 Å². The number of hydrogen-bond donors (Lipinski definition) is 2. The minimum Gasteiger partial charge on any atom is -0.399 e. The van der Waals surface area contributed by atoms with E-state index in [1.54, 1.807) is 12.1 Å². The van der Waals surface area contributed by atoms with Crippen LogP contribution in [-0.4, -0.2) is 30.0 Å². The third kappa shape index (κ3) is 2.63. The topological polar surface area (TPSA) is 49.5 Å². The number of nitrogens with two attached hydrogens (primary N) is 1. The highest BCUT2D eigenvalue weighted by Crippen LogP contribution is 2.39. The summed E-state index contributed by atoms with van der Waals surface area (Å²) in [6.45, 7) is 2.22. The molecule has 0 unspecified atom stereocenters. The van der Waals surface area contributed by atoms with Crippen molar-refractivity contribution in [3.05, 3.63) is 23.8 Å². The molecule has 3 N–H and O–H groups in total. The quantitative estimate of drug-likeness (QED) is 0.773. The maximum Gasteiger partial charge on any atom is 0.417 e. The predicted octanol–water partition coefficient (Wildman–Crippen LogP) is 2.47. The first-order valence-corrected chi connectivity index (χ1v) is 6.13. The molecular weight excluding hydrogens is 257 g/mol. The Morgan fingerprint density at radius 1 is 1.26 bits per heavy atom. The first kappa shape index (κ1) is 14.0. The Labute approximate surface area is 109 Å². The number of benzene rings is 1. The number of nitrogen functional groups attached to an aromatic ring is 1. The SMILES string of the molecule is Cc1cc(N2CCC(O)(C(F)(F)F)CC2)ccc1N. The van der Waals surface area contributed by atoms with E-state index in [0.717, 1.165) is 11.3 Å². The second kappa shape index (κ2) is 4.59. The molecule has 0 aliphatic carbocycles. The molecule has 0 aromatic heterocycles. The highest BCUT2D eigenvalue weighted by Gasteiger charge is 2.54. The number of alkyl halides is 3. The second-order valence-corrected chi connectivity index (χ2v) is 5.06. The van der Waals surface area contributed by atoms with Crippen molar-refractivity contribution in [2.45, 2.75) is 31.5 Å². The van der Waals surface area contributed by atoms with E-state index in [9.17, 15) is 18.3 Å². The predicted molar refractivity (Wildman–Crippen MR) is 68.0 cm³/mol. The first-order chi connectivity index (χ1) is 8.73. The molecule has 0 saturated carbocycles. The van der Waals surface area contributed by atoms with Gasteiger partial charge in [-0.2, -0.15) is 13.2 Å². The van der Waals surface area contributed by atoms with Gasteiger partial charge in [0, 0.05) is 37.3 Å². The van der Waals surface area contributed by atoms with Gasteiger partial charge in [-0.15, -0.1) is 0 Å². The van der Waals surface area contributed by atoms with Gasteiger partial charge in [-0.05, 0) is 30.7 Å². The number of aryl methyl sites for hydroxylation is 1. The molecule has 6 heteroatoms. The highest BCUT2D eigenvalue weighted by molar-refractivity contribution is 5.58. The van der Waals surface area contributed by atoms with Crippen LogP contribution in [0.3, 0.4) is 0 Å². The summed E-state index contributed by atoms with van der Waals surface area (Å²) in [5.41, 5.74) is 5.56. The molecular formula is C13H17F3N2O. The van der Waals surface area contributed by atoms with Crippen molar-refractivity contribution in [2.24, 2.45) is 0 Å². The number of aliphatic hydroxyl groups is 1. The summed E-state index contributed by atoms with van der Waals surface area (Å²) < 4.78 is 38.1. The molecule has 0 atom stereocenters. The summed E-state index contributed by atoms with van der Waals surface area (Å²) >= 11 is 0. The lowest BCUT2D eigenvalue weighted by molar-refractivity contribution is -0.266. The summed E-state index contributed by atoms with van der Waals surface area (Å²) in [6, 6.07) is 5.39. The second-order valence-electron chi connectivity index (χ2n) is 5.06. The van der Waals surface area contributed by atoms with Gasteiger partial charge < -0.3 is 15.7 Å². The normalized spacial score (nSPS) is 19.5. The van der Waals surface area contributed by atoms with Gasteiger partial charge in [-0.1, -0.05) is 0 Å². The van der Waals surface area contributed by atoms with Crippen molar-refractivity contribution in [1.29, 1.82) is 0 Å². The largest absolute Gasteiger partial charge is 0.417 e. The van der Waals surface area contributed by atoms with E-state index in [1.807, 2.05) is 17.9 Å². The van der Waals surface area contributed by atoms with Crippen molar-refractivity contribution in [2.75, 3.05) is 23.7 Å². The molecule has 2 rings (SSSR count). The molecule has 0 amide bonds. The molecule has 0 bridgehead atoms. The summed E-state index contributed by atoms with van der Waals surface area (Å²) in [7, 11) is 0. The molecule has 3 nitrogen and oxygen atoms in total. The van der Waals surface area contributed by atoms with Crippen LogP contribution in [0.4, 0.5) is 24.5 Å². The highest BCUT2D eigenvalue weighted by atomic mass is 19.4. The van der Waals surface area contributed by atoms with E-state index in [2.05, 4.69) is 0 Å². The number of rotatable bonds is 1. The maximum atomic E-state index is 12.7. The Kier molecular flexibility index (Phi) is 3.38. The molecule has 1 aromatic carbocycles. The zero-order valence-electron chi connectivity index (χ0n) is 10.7. The van der Waals surface area contributed by atoms with Crippen LogP contribution < -0.4 is 10.6 Å². The lowest BCUT2D eigenvalue weighted by atomic mass is 9.90. The van der Waals surface area contributed by atoms with Crippen molar-refractivity contribution >= 4 is 11.4 Å². The van der Waals surface area contributed by atoms with Gasteiger partial charge in [-0.25, -0.2) is 0 Å². The molecule has 1 aliphatic rings. The Morgan fingerprint density at radius 3 is 2.32 bits per heavy atom. The zero-order chi connectivity index (χ0) is 14.3. The molecule has 0 radical (unpaired) electrons. The number of nitrogens with zero attached hydrogens (tertiary/aromatic N) is 1. The Hall–Kier alpha value is -1.43. The number of anilines is 2. The molecule has 0 spiro atoms. The van der Waals surface area contributed by atoms with Gasteiger partial charge >= 0.3 is 6.18 Å². The van der Waals surface area contributed by atoms with Crippen LogP contribution >= 0.6 is 0 Å². The molecule has 1 saturated heterocycles. The number of halogens is 3. The smallest absolute Gasteiger partial charge is 0.399 e. The third-order valence-electron chi connectivity index (χ3n) is 3.74. The summed E-state index contributed by atoms with van der Waals surface area (Å²) in [4.78, 5) is 1.84. The number of hydrogen-bond acceptors (Lipinski definition) is 3. The molecule has 19 heavy (non-hydrogen) atoms. The van der Waals surface area contributed by atoms with Gasteiger partial charge in [0.2, 0.25) is 0 Å². The lowest BCUT2D eigenvalue weighted by Crippen LogP contribution is -2.53. The van der Waals surface area contributed by atoms with Crippen molar-refractivity contribution in [3.63, 3.8) is 0 Å². The monoisotopic (exact) mass is 274 g/mol. The average Bonchev–Trinajstić information content (AvgIpc) is 2.32. The first-order valence-electron chi connectivity index (χ1n) is 6.13. The zero-order valence-corrected chi connectivity index (χ0v) is 10.7. The molecule has 1 heterocycles. The Morgan fingerprint density at radius 2 is 1.84 bits per heavy atom. The van der Waals surface area contributed by atoms with Crippen LogP contribution in [0.15, 0.2) is 18.2 Å². The van der Waals surface area contributed by atoms with Gasteiger partial charge in [0.25, 0.3) is 0 Å². The van der Waals surface area contributed by atoms with Crippen LogP contribution in [0, 0.1) is 6.92 Å². The van der Waals surface area contributed by atoms with Crippen molar-refractivity contribution in [1.82, 2.24) is 0 Å². The van der Waals surface area contributed by atoms with Gasteiger partial charge in [0.1, 0.15) is 0 Å². The fourth-order valence-electron chi connectivity index (χ4n) is 2.27. The van der Waals surface area contributed by atoms with Crippen molar-refractivity contribution in [3.8, 4) is 0 Å². The average molecular weight is 274 g/mol. The van der Waals surface area contributed by atoms with Crippen molar-refractivity contribution < 1.29 is 18.3 Å². The van der Waals surface area contributed by atoms with E-state index in [1.165, 1.54) is 0 Å². The van der Waals surface area contributed by atoms with Gasteiger partial charge in [0.05, 0.1) is 0 Å². The van der Waals surface area contributed by atoms with E-state index in [4.69, 9.17) is 5.73 Å². The van der Waals surface area contributed by atoms with Crippen LogP contribution in [0.25, 0.3) is 0 Å². The molecule has 1 fully saturated rings. The van der Waals surface area contributed by atoms with Crippen LogP contribution in [0.2, 0.25) is 0 Å². The van der Waals surface area contributed by atoms with Crippen LogP contribution in [0.5, 0.6) is 0 Å². The molecule has 1 aliphatic heterocycles. The van der Waals surface area contributed by atoms with E-state index >= 15 is 0 Å². The fraction of sp³-hybridized carbons (Fsp3) is 0.538. The minimum absolute atomic E-state index is 0.180. The minimum atomic E-state index is -4.56. The molecule has 1 aromatic rings. The Bertz CT molecular complexity index is 465. The Balaban J connectivity index is 2.10. The summed E-state index contributed by atoms with van der Waals surface area (Å²) in [5, 5.41) is 9.60. The summed E-state index contributed by atoms with van der Waals surface area (Å²) in [5.74, 6) is 0. The fourth-order valence-corrected chi connectivity index (χ4v) is 2.27. The number of piperidine rings is 1. The molecule has 106 valence electrons. The lowest BCUT2D eigenvalue weighted by Gasteiger charge is -2.40.